The molecule has 0 saturated carbocycles. The van der Waals surface area contributed by atoms with Gasteiger partial charge in [0.25, 0.3) is 0 Å². The van der Waals surface area contributed by atoms with Crippen molar-refractivity contribution in [2.24, 2.45) is 0 Å². The number of thioether (sulfide) groups is 1. The summed E-state index contributed by atoms with van der Waals surface area (Å²) in [7, 11) is 0. The van der Waals surface area contributed by atoms with Crippen LogP contribution in [0.3, 0.4) is 0 Å². The van der Waals surface area contributed by atoms with Crippen molar-refractivity contribution in [3.05, 3.63) is 0 Å². The lowest BCUT2D eigenvalue weighted by atomic mass is 10.2. The molecule has 1 fully saturated rings. The molecule has 0 amide bonds. The van der Waals surface area contributed by atoms with Crippen LogP contribution in [-0.4, -0.2) is 43.1 Å². The van der Waals surface area contributed by atoms with E-state index in [0.29, 0.717) is 6.54 Å². The van der Waals surface area contributed by atoms with Crippen LogP contribution in [0.25, 0.3) is 0 Å². The first-order valence-electron chi connectivity index (χ1n) is 5.85. The zero-order chi connectivity index (χ0) is 12.7. The second-order valence-corrected chi connectivity index (χ2v) is 5.18. The maximum Gasteiger partial charge on any atom is 0.377 e. The highest BCUT2D eigenvalue weighted by molar-refractivity contribution is 7.98. The van der Waals surface area contributed by atoms with Crippen LogP contribution in [0.5, 0.6) is 0 Å². The Hall–Kier alpha value is -0.360. The molecule has 0 bridgehead atoms. The maximum absolute atomic E-state index is 12.8. The van der Waals surface area contributed by atoms with E-state index in [0.717, 1.165) is 25.1 Å². The van der Waals surface area contributed by atoms with Crippen molar-refractivity contribution in [1.82, 2.24) is 5.32 Å². The van der Waals surface area contributed by atoms with E-state index in [-0.39, 0.29) is 0 Å². The quantitative estimate of drug-likeness (QED) is 0.539. The maximum atomic E-state index is 12.8. The number of carbonyl (C=O) groups excluding carboxylic acids is 1. The smallest absolute Gasteiger partial charge is 0.377 e. The number of unbranched alkanes of at least 4 members (excludes halogenated alkanes) is 2. The Balaban J connectivity index is 1.99. The molecule has 1 heterocycles. The Bertz CT molecular complexity index is 252. The number of halogens is 2. The molecule has 100 valence electrons. The number of rotatable bonds is 8. The molecule has 6 heteroatoms. The highest BCUT2D eigenvalue weighted by Gasteiger charge is 2.50. The molecule has 3 nitrogen and oxygen atoms in total. The van der Waals surface area contributed by atoms with Crippen LogP contribution in [0, 0.1) is 0 Å². The molecule has 0 aliphatic carbocycles. The summed E-state index contributed by atoms with van der Waals surface area (Å²) in [5, 5.41) is 3.05. The minimum atomic E-state index is -3.29. The second kappa shape index (κ2) is 7.16. The average molecular weight is 267 g/mol. The number of esters is 1. The molecule has 0 aromatic heterocycles. The summed E-state index contributed by atoms with van der Waals surface area (Å²) < 4.78 is 30.2. The highest BCUT2D eigenvalue weighted by Crippen LogP contribution is 2.30. The molecule has 1 atom stereocenters. The van der Waals surface area contributed by atoms with Crippen molar-refractivity contribution in [3.8, 4) is 0 Å². The van der Waals surface area contributed by atoms with Crippen molar-refractivity contribution in [2.45, 2.75) is 37.7 Å². The Morgan fingerprint density at radius 1 is 1.47 bits per heavy atom. The van der Waals surface area contributed by atoms with E-state index in [4.69, 9.17) is 0 Å². The molecular formula is C11H19F2NO2S. The summed E-state index contributed by atoms with van der Waals surface area (Å²) in [6, 6.07) is 0. The van der Waals surface area contributed by atoms with Crippen molar-refractivity contribution in [1.29, 1.82) is 0 Å². The van der Waals surface area contributed by atoms with Crippen molar-refractivity contribution < 1.29 is 18.3 Å². The van der Waals surface area contributed by atoms with Gasteiger partial charge in [-0.3, -0.25) is 0 Å². The number of hydrogen-bond acceptors (Lipinski definition) is 4. The zero-order valence-electron chi connectivity index (χ0n) is 10.0. The molecule has 0 aromatic rings. The minimum Gasteiger partial charge on any atom is -0.456 e. The summed E-state index contributed by atoms with van der Waals surface area (Å²) in [6.07, 6.45) is 4.24. The SMILES string of the molecule is CSCCCCCNCC1CC(F)(F)C(=O)O1. The molecule has 0 aromatic carbocycles. The first-order chi connectivity index (χ1) is 8.06. The van der Waals surface area contributed by atoms with Crippen molar-refractivity contribution in [3.63, 3.8) is 0 Å². The molecule has 0 spiro atoms. The molecule has 1 rings (SSSR count). The van der Waals surface area contributed by atoms with E-state index in [1.54, 1.807) is 0 Å². The van der Waals surface area contributed by atoms with E-state index in [2.05, 4.69) is 16.3 Å². The van der Waals surface area contributed by atoms with Gasteiger partial charge in [0.05, 0.1) is 6.42 Å². The second-order valence-electron chi connectivity index (χ2n) is 4.19. The van der Waals surface area contributed by atoms with Gasteiger partial charge >= 0.3 is 11.9 Å². The molecule has 17 heavy (non-hydrogen) atoms. The van der Waals surface area contributed by atoms with Crippen LogP contribution in [0.4, 0.5) is 8.78 Å². The lowest BCUT2D eigenvalue weighted by Crippen LogP contribution is -2.27. The first kappa shape index (κ1) is 14.7. The third-order valence-electron chi connectivity index (χ3n) is 2.63. The van der Waals surface area contributed by atoms with Gasteiger partial charge in [-0.1, -0.05) is 6.42 Å². The van der Waals surface area contributed by atoms with Gasteiger partial charge in [0.15, 0.2) is 0 Å². The van der Waals surface area contributed by atoms with Gasteiger partial charge in [0, 0.05) is 6.54 Å². The van der Waals surface area contributed by atoms with Crippen LogP contribution in [0.2, 0.25) is 0 Å². The van der Waals surface area contributed by atoms with E-state index < -0.39 is 24.4 Å². The van der Waals surface area contributed by atoms with Crippen molar-refractivity contribution >= 4 is 17.7 Å². The number of ether oxygens (including phenoxy) is 1. The van der Waals surface area contributed by atoms with Gasteiger partial charge in [0.2, 0.25) is 0 Å². The summed E-state index contributed by atoms with van der Waals surface area (Å²) in [4.78, 5) is 10.7. The Morgan fingerprint density at radius 2 is 2.24 bits per heavy atom. The fourth-order valence-electron chi connectivity index (χ4n) is 1.70. The number of nitrogens with one attached hydrogen (secondary N) is 1. The van der Waals surface area contributed by atoms with E-state index in [1.807, 2.05) is 11.8 Å². The standard InChI is InChI=1S/C11H19F2NO2S/c1-17-6-4-2-3-5-14-8-9-7-11(12,13)10(15)16-9/h9,14H,2-8H2,1H3. The van der Waals surface area contributed by atoms with Crippen LogP contribution >= 0.6 is 11.8 Å². The minimum absolute atomic E-state index is 0.323. The van der Waals surface area contributed by atoms with Gasteiger partial charge < -0.3 is 10.1 Å². The van der Waals surface area contributed by atoms with Gasteiger partial charge in [-0.15, -0.1) is 0 Å². The van der Waals surface area contributed by atoms with Gasteiger partial charge in [0.1, 0.15) is 6.10 Å². The lowest BCUT2D eigenvalue weighted by Gasteiger charge is -2.09. The average Bonchev–Trinajstić information content (AvgIpc) is 2.51. The fourth-order valence-corrected chi connectivity index (χ4v) is 2.19. The Labute approximate surface area is 105 Å². The summed E-state index contributed by atoms with van der Waals surface area (Å²) in [6.45, 7) is 1.11. The topological polar surface area (TPSA) is 38.3 Å². The number of carbonyl (C=O) groups is 1. The predicted octanol–water partition coefficient (Wildman–Crippen LogP) is 2.06. The number of cyclic esters (lactones) is 1. The lowest BCUT2D eigenvalue weighted by molar-refractivity contribution is -0.158. The highest BCUT2D eigenvalue weighted by atomic mass is 32.2. The third-order valence-corrected chi connectivity index (χ3v) is 3.33. The van der Waals surface area contributed by atoms with E-state index in [9.17, 15) is 13.6 Å². The largest absolute Gasteiger partial charge is 0.456 e. The van der Waals surface area contributed by atoms with Crippen LogP contribution in [0.15, 0.2) is 0 Å². The predicted molar refractivity (Wildman–Crippen MR) is 64.5 cm³/mol. The number of alkyl halides is 2. The molecule has 0 radical (unpaired) electrons. The fraction of sp³-hybridized carbons (Fsp3) is 0.909. The first-order valence-corrected chi connectivity index (χ1v) is 7.24. The molecule has 1 saturated heterocycles. The molecular weight excluding hydrogens is 248 g/mol. The summed E-state index contributed by atoms with van der Waals surface area (Å²) >= 11 is 1.82. The summed E-state index contributed by atoms with van der Waals surface area (Å²) in [5.41, 5.74) is 0. The van der Waals surface area contributed by atoms with E-state index >= 15 is 0 Å². The van der Waals surface area contributed by atoms with Crippen LogP contribution < -0.4 is 5.32 Å². The van der Waals surface area contributed by atoms with Gasteiger partial charge in [-0.2, -0.15) is 20.5 Å². The Kier molecular flexibility index (Phi) is 6.19. The molecule has 1 unspecified atom stereocenters. The van der Waals surface area contributed by atoms with Crippen LogP contribution in [-0.2, 0) is 9.53 Å². The number of hydrogen-bond donors (Lipinski definition) is 1. The zero-order valence-corrected chi connectivity index (χ0v) is 10.8. The molecule has 1 aliphatic heterocycles. The molecule has 1 N–H and O–H groups in total. The monoisotopic (exact) mass is 267 g/mol. The van der Waals surface area contributed by atoms with Crippen molar-refractivity contribution in [2.75, 3.05) is 25.1 Å². The third kappa shape index (κ3) is 5.21. The van der Waals surface area contributed by atoms with E-state index in [1.165, 1.54) is 6.42 Å². The van der Waals surface area contributed by atoms with Gasteiger partial charge in [-0.25, -0.2) is 4.79 Å². The van der Waals surface area contributed by atoms with Gasteiger partial charge in [-0.05, 0) is 31.4 Å². The normalized spacial score (nSPS) is 22.8. The Morgan fingerprint density at radius 3 is 2.82 bits per heavy atom. The van der Waals surface area contributed by atoms with Crippen LogP contribution in [0.1, 0.15) is 25.7 Å². The molecule has 1 aliphatic rings. The summed E-state index contributed by atoms with van der Waals surface area (Å²) in [5.74, 6) is -3.51.